The molecule has 1 unspecified atom stereocenters. The number of aliphatic hydroxyl groups is 1. The van der Waals surface area contributed by atoms with Crippen molar-refractivity contribution in [1.82, 2.24) is 14.3 Å². The summed E-state index contributed by atoms with van der Waals surface area (Å²) in [5.41, 5.74) is -0.740. The highest BCUT2D eigenvalue weighted by Gasteiger charge is 2.55. The Morgan fingerprint density at radius 2 is 1.51 bits per heavy atom. The molecule has 0 aliphatic carbocycles. The summed E-state index contributed by atoms with van der Waals surface area (Å²) in [6.07, 6.45) is -3.58. The first-order chi connectivity index (χ1) is 18.6. The number of para-hydroxylation sites is 1. The molecule has 2 heterocycles. The van der Waals surface area contributed by atoms with Gasteiger partial charge in [-0.3, -0.25) is 0 Å². The Hall–Kier alpha value is -4.14. The molecule has 4 aromatic carbocycles. The van der Waals surface area contributed by atoms with E-state index in [2.05, 4.69) is 5.10 Å². The van der Waals surface area contributed by atoms with Gasteiger partial charge in [-0.05, 0) is 71.8 Å². The van der Waals surface area contributed by atoms with Crippen molar-refractivity contribution in [2.45, 2.75) is 18.3 Å². The van der Waals surface area contributed by atoms with Crippen LogP contribution in [-0.2, 0) is 12.1 Å². The van der Waals surface area contributed by atoms with Crippen LogP contribution in [0.3, 0.4) is 0 Å². The standard InChI is InChI=1S/C30H20ClF4N3O/c31-23-8-5-19(6-9-23)28-16-20-3-1-2-4-26(20)37(28)18-29(39,30(33,34)35)22-7-14-27-21(15-22)17-36-38(27)25-12-10-24(32)11-13-25/h1-17,39H,18H2. The SMILES string of the molecule is OC(Cn1c(-c2ccc(Cl)cc2)cc2ccccc21)(c1ccc2c(cnn2-c2ccc(F)cc2)c1)C(F)(F)F. The van der Waals surface area contributed by atoms with Crippen LogP contribution < -0.4 is 0 Å². The lowest BCUT2D eigenvalue weighted by Gasteiger charge is -2.32. The summed E-state index contributed by atoms with van der Waals surface area (Å²) >= 11 is 6.04. The van der Waals surface area contributed by atoms with Gasteiger partial charge < -0.3 is 9.67 Å². The van der Waals surface area contributed by atoms with E-state index in [0.717, 1.165) is 5.39 Å². The molecule has 6 aromatic rings. The first-order valence-electron chi connectivity index (χ1n) is 12.0. The van der Waals surface area contributed by atoms with E-state index in [9.17, 15) is 22.7 Å². The molecule has 4 nitrogen and oxygen atoms in total. The molecule has 0 saturated carbocycles. The minimum Gasteiger partial charge on any atom is -0.375 e. The molecule has 0 fully saturated rings. The molecule has 9 heteroatoms. The summed E-state index contributed by atoms with van der Waals surface area (Å²) < 4.78 is 60.6. The molecule has 1 atom stereocenters. The van der Waals surface area contributed by atoms with E-state index in [4.69, 9.17) is 11.6 Å². The number of hydrogen-bond acceptors (Lipinski definition) is 2. The van der Waals surface area contributed by atoms with Crippen molar-refractivity contribution in [1.29, 1.82) is 0 Å². The Balaban J connectivity index is 1.48. The van der Waals surface area contributed by atoms with E-state index in [-0.39, 0.29) is 5.56 Å². The second-order valence-electron chi connectivity index (χ2n) is 9.35. The predicted molar refractivity (Wildman–Crippen MR) is 143 cm³/mol. The highest BCUT2D eigenvalue weighted by molar-refractivity contribution is 6.30. The number of aromatic nitrogens is 3. The molecule has 0 aliphatic rings. The Labute approximate surface area is 225 Å². The number of rotatable bonds is 5. The van der Waals surface area contributed by atoms with E-state index < -0.39 is 24.1 Å². The highest BCUT2D eigenvalue weighted by atomic mass is 35.5. The zero-order chi connectivity index (χ0) is 27.4. The van der Waals surface area contributed by atoms with Gasteiger partial charge >= 0.3 is 6.18 Å². The van der Waals surface area contributed by atoms with Crippen molar-refractivity contribution in [3.05, 3.63) is 120 Å². The molecule has 1 N–H and O–H groups in total. The third-order valence-electron chi connectivity index (χ3n) is 6.92. The van der Waals surface area contributed by atoms with Crippen LogP contribution in [0.15, 0.2) is 103 Å². The molecular weight excluding hydrogens is 530 g/mol. The lowest BCUT2D eigenvalue weighted by atomic mass is 9.91. The highest BCUT2D eigenvalue weighted by Crippen LogP contribution is 2.43. The van der Waals surface area contributed by atoms with E-state index in [1.165, 1.54) is 57.9 Å². The Morgan fingerprint density at radius 3 is 2.23 bits per heavy atom. The van der Waals surface area contributed by atoms with E-state index in [0.29, 0.717) is 38.4 Å². The van der Waals surface area contributed by atoms with Crippen LogP contribution in [0, 0.1) is 5.82 Å². The van der Waals surface area contributed by atoms with E-state index in [1.54, 1.807) is 48.5 Å². The number of alkyl halides is 3. The van der Waals surface area contributed by atoms with Crippen LogP contribution in [0.25, 0.3) is 38.8 Å². The average Bonchev–Trinajstić information content (AvgIpc) is 3.50. The first kappa shape index (κ1) is 25.2. The molecule has 39 heavy (non-hydrogen) atoms. The fourth-order valence-corrected chi connectivity index (χ4v) is 5.02. The second-order valence-corrected chi connectivity index (χ2v) is 9.78. The van der Waals surface area contributed by atoms with Gasteiger partial charge in [0.2, 0.25) is 5.60 Å². The molecule has 2 aromatic heterocycles. The average molecular weight is 550 g/mol. The van der Waals surface area contributed by atoms with Crippen molar-refractivity contribution >= 4 is 33.4 Å². The van der Waals surface area contributed by atoms with Crippen LogP contribution in [0.2, 0.25) is 5.02 Å². The molecule has 0 radical (unpaired) electrons. The summed E-state index contributed by atoms with van der Waals surface area (Å²) in [5.74, 6) is -0.414. The van der Waals surface area contributed by atoms with Gasteiger partial charge in [0.1, 0.15) is 5.82 Å². The maximum absolute atomic E-state index is 14.7. The summed E-state index contributed by atoms with van der Waals surface area (Å²) in [6.45, 7) is -0.778. The maximum Gasteiger partial charge on any atom is 0.423 e. The van der Waals surface area contributed by atoms with Gasteiger partial charge in [-0.2, -0.15) is 18.3 Å². The number of fused-ring (bicyclic) bond motifs is 2. The molecular formula is C30H20ClF4N3O. The van der Waals surface area contributed by atoms with Crippen molar-refractivity contribution < 1.29 is 22.7 Å². The number of hydrogen-bond donors (Lipinski definition) is 1. The third kappa shape index (κ3) is 4.35. The Bertz CT molecular complexity index is 1810. The fourth-order valence-electron chi connectivity index (χ4n) is 4.89. The topological polar surface area (TPSA) is 43.0 Å². The van der Waals surface area contributed by atoms with Gasteiger partial charge in [-0.25, -0.2) is 9.07 Å². The fraction of sp³-hybridized carbons (Fsp3) is 0.100. The summed E-state index contributed by atoms with van der Waals surface area (Å²) in [6, 6.07) is 25.3. The van der Waals surface area contributed by atoms with Crippen LogP contribution >= 0.6 is 11.6 Å². The number of halogens is 5. The molecule has 0 aliphatic heterocycles. The van der Waals surface area contributed by atoms with E-state index >= 15 is 0 Å². The molecule has 0 spiro atoms. The predicted octanol–water partition coefficient (Wildman–Crippen LogP) is 7.89. The van der Waals surface area contributed by atoms with Gasteiger partial charge in [-0.15, -0.1) is 0 Å². The number of benzene rings is 4. The van der Waals surface area contributed by atoms with Crippen LogP contribution in [0.4, 0.5) is 17.6 Å². The molecule has 196 valence electrons. The minimum atomic E-state index is -5.00. The Morgan fingerprint density at radius 1 is 0.795 bits per heavy atom. The molecule has 0 saturated heterocycles. The van der Waals surface area contributed by atoms with Gasteiger partial charge in [0.25, 0.3) is 0 Å². The number of nitrogens with zero attached hydrogens (tertiary/aromatic N) is 3. The first-order valence-corrected chi connectivity index (χ1v) is 12.4. The Kier molecular flexibility index (Phi) is 5.97. The maximum atomic E-state index is 14.7. The van der Waals surface area contributed by atoms with Crippen LogP contribution in [0.5, 0.6) is 0 Å². The van der Waals surface area contributed by atoms with Gasteiger partial charge in [0.15, 0.2) is 0 Å². The van der Waals surface area contributed by atoms with Gasteiger partial charge in [0.05, 0.1) is 23.9 Å². The third-order valence-corrected chi connectivity index (χ3v) is 7.18. The molecule has 0 amide bonds. The molecule has 6 rings (SSSR count). The largest absolute Gasteiger partial charge is 0.423 e. The quantitative estimate of drug-likeness (QED) is 0.222. The lowest BCUT2D eigenvalue weighted by Crippen LogP contribution is -2.46. The minimum absolute atomic E-state index is 0.319. The monoisotopic (exact) mass is 549 g/mol. The second kappa shape index (κ2) is 9.25. The molecule has 0 bridgehead atoms. The summed E-state index contributed by atoms with van der Waals surface area (Å²) in [7, 11) is 0. The van der Waals surface area contributed by atoms with E-state index in [1.807, 2.05) is 6.07 Å². The van der Waals surface area contributed by atoms with Crippen molar-refractivity contribution in [3.8, 4) is 16.9 Å². The van der Waals surface area contributed by atoms with Gasteiger partial charge in [0, 0.05) is 27.0 Å². The summed E-state index contributed by atoms with van der Waals surface area (Å²) in [5, 5.41) is 17.4. The zero-order valence-electron chi connectivity index (χ0n) is 20.2. The smallest absolute Gasteiger partial charge is 0.375 e. The normalized spacial score (nSPS) is 13.7. The van der Waals surface area contributed by atoms with Crippen molar-refractivity contribution in [2.75, 3.05) is 0 Å². The van der Waals surface area contributed by atoms with Crippen molar-refractivity contribution in [2.24, 2.45) is 0 Å². The van der Waals surface area contributed by atoms with Crippen LogP contribution in [-0.4, -0.2) is 25.6 Å². The van der Waals surface area contributed by atoms with Crippen molar-refractivity contribution in [3.63, 3.8) is 0 Å². The lowest BCUT2D eigenvalue weighted by molar-refractivity contribution is -0.271. The van der Waals surface area contributed by atoms with Crippen LogP contribution in [0.1, 0.15) is 5.56 Å². The van der Waals surface area contributed by atoms with Gasteiger partial charge in [-0.1, -0.05) is 48.0 Å². The summed E-state index contributed by atoms with van der Waals surface area (Å²) in [4.78, 5) is 0. The zero-order valence-corrected chi connectivity index (χ0v) is 21.0.